The van der Waals surface area contributed by atoms with Gasteiger partial charge in [-0.2, -0.15) is 0 Å². The molecule has 0 radical (unpaired) electrons. The van der Waals surface area contributed by atoms with E-state index in [0.717, 1.165) is 11.8 Å². The van der Waals surface area contributed by atoms with E-state index in [4.69, 9.17) is 20.9 Å². The van der Waals surface area contributed by atoms with Gasteiger partial charge in [-0.3, -0.25) is 9.52 Å². The van der Waals surface area contributed by atoms with E-state index in [9.17, 15) is 13.2 Å². The Balaban J connectivity index is 1.58. The van der Waals surface area contributed by atoms with Crippen molar-refractivity contribution in [2.24, 2.45) is 5.73 Å². The minimum Gasteiger partial charge on any atom is -0.492 e. The van der Waals surface area contributed by atoms with E-state index in [-0.39, 0.29) is 16.6 Å². The Hall–Kier alpha value is -5.00. The molecule has 41 heavy (non-hydrogen) atoms. The number of fused-ring (bicyclic) bond motifs is 1. The van der Waals surface area contributed by atoms with E-state index in [1.165, 1.54) is 19.4 Å². The number of hydrogen-bond acceptors (Lipinski definition) is 9. The molecule has 11 heteroatoms. The lowest BCUT2D eigenvalue weighted by atomic mass is 9.95. The lowest BCUT2D eigenvalue weighted by Gasteiger charge is -2.15. The Morgan fingerprint density at radius 1 is 0.951 bits per heavy atom. The van der Waals surface area contributed by atoms with Crippen LogP contribution in [-0.2, 0) is 10.0 Å². The molecule has 2 heterocycles. The minimum atomic E-state index is -4.13. The van der Waals surface area contributed by atoms with Crippen LogP contribution in [0.5, 0.6) is 11.6 Å². The van der Waals surface area contributed by atoms with Gasteiger partial charge in [0, 0.05) is 40.9 Å². The number of nitrogens with two attached hydrogens (primary N) is 2. The number of hydrogen-bond donors (Lipinski definition) is 3. The van der Waals surface area contributed by atoms with Crippen molar-refractivity contribution < 1.29 is 22.7 Å². The Bertz CT molecular complexity index is 1850. The highest BCUT2D eigenvalue weighted by Gasteiger charge is 2.23. The molecule has 0 aliphatic heterocycles. The van der Waals surface area contributed by atoms with E-state index >= 15 is 0 Å². The van der Waals surface area contributed by atoms with Crippen LogP contribution in [0, 0.1) is 0 Å². The number of rotatable bonds is 10. The first-order valence-electron chi connectivity index (χ1n) is 12.6. The molecule has 3 aromatic carbocycles. The zero-order chi connectivity index (χ0) is 29.0. The summed E-state index contributed by atoms with van der Waals surface area (Å²) >= 11 is 0. The maximum absolute atomic E-state index is 13.5. The van der Waals surface area contributed by atoms with Crippen molar-refractivity contribution in [1.82, 2.24) is 9.97 Å². The van der Waals surface area contributed by atoms with Crippen molar-refractivity contribution in [1.29, 1.82) is 0 Å². The van der Waals surface area contributed by atoms with Gasteiger partial charge in [-0.25, -0.2) is 18.4 Å². The second-order valence-corrected chi connectivity index (χ2v) is 10.7. The number of aromatic nitrogens is 2. The smallest absolute Gasteiger partial charge is 0.267 e. The van der Waals surface area contributed by atoms with Crippen LogP contribution in [-0.4, -0.2) is 44.9 Å². The summed E-state index contributed by atoms with van der Waals surface area (Å²) in [6.45, 7) is 0.619. The fourth-order valence-corrected chi connectivity index (χ4v) is 5.69. The average molecular weight is 570 g/mol. The zero-order valence-electron chi connectivity index (χ0n) is 22.1. The highest BCUT2D eigenvalue weighted by molar-refractivity contribution is 7.92. The molecule has 5 rings (SSSR count). The normalized spacial score (nSPS) is 11.3. The molecule has 5 aromatic rings. The van der Waals surface area contributed by atoms with Gasteiger partial charge < -0.3 is 20.9 Å². The van der Waals surface area contributed by atoms with E-state index in [0.29, 0.717) is 57.7 Å². The van der Waals surface area contributed by atoms with Crippen molar-refractivity contribution in [3.8, 4) is 33.9 Å². The molecule has 0 bridgehead atoms. The van der Waals surface area contributed by atoms with Crippen molar-refractivity contribution in [2.45, 2.75) is 4.90 Å². The van der Waals surface area contributed by atoms with Crippen LogP contribution in [0.2, 0.25) is 0 Å². The predicted octanol–water partition coefficient (Wildman–Crippen LogP) is 4.51. The number of sulfonamides is 1. The number of nitrogen functional groups attached to an aromatic ring is 1. The Labute approximate surface area is 237 Å². The van der Waals surface area contributed by atoms with Gasteiger partial charge in [-0.05, 0) is 41.5 Å². The minimum absolute atomic E-state index is 0.0769. The van der Waals surface area contributed by atoms with Crippen LogP contribution in [0.1, 0.15) is 10.4 Å². The molecule has 0 saturated heterocycles. The van der Waals surface area contributed by atoms with Gasteiger partial charge in [0.1, 0.15) is 23.1 Å². The third kappa shape index (κ3) is 5.67. The maximum atomic E-state index is 13.5. The van der Waals surface area contributed by atoms with E-state index in [1.807, 2.05) is 30.3 Å². The summed E-state index contributed by atoms with van der Waals surface area (Å²) in [6, 6.07) is 22.5. The summed E-state index contributed by atoms with van der Waals surface area (Å²) in [5, 5.41) is 0.568. The number of benzene rings is 3. The molecular weight excluding hydrogens is 542 g/mol. The average Bonchev–Trinajstić information content (AvgIpc) is 2.99. The van der Waals surface area contributed by atoms with Gasteiger partial charge in [0.15, 0.2) is 6.29 Å². The molecule has 2 aromatic heterocycles. The van der Waals surface area contributed by atoms with Crippen LogP contribution in [0.15, 0.2) is 90.0 Å². The monoisotopic (exact) mass is 569 g/mol. The Morgan fingerprint density at radius 3 is 2.49 bits per heavy atom. The van der Waals surface area contributed by atoms with Crippen LogP contribution < -0.4 is 25.7 Å². The quantitative estimate of drug-likeness (QED) is 0.206. The number of carbonyl (C=O) groups is 1. The third-order valence-corrected chi connectivity index (χ3v) is 7.72. The molecular formula is C30H27N5O5S. The van der Waals surface area contributed by atoms with E-state index < -0.39 is 10.0 Å². The first-order valence-corrected chi connectivity index (χ1v) is 14.1. The summed E-state index contributed by atoms with van der Waals surface area (Å²) in [4.78, 5) is 20.9. The van der Waals surface area contributed by atoms with Gasteiger partial charge in [0.2, 0.25) is 5.88 Å². The molecule has 0 amide bonds. The van der Waals surface area contributed by atoms with Crippen LogP contribution >= 0.6 is 0 Å². The highest BCUT2D eigenvalue weighted by Crippen LogP contribution is 2.36. The first-order chi connectivity index (χ1) is 19.8. The van der Waals surface area contributed by atoms with Crippen molar-refractivity contribution in [3.63, 3.8) is 0 Å². The molecule has 208 valence electrons. The zero-order valence-corrected chi connectivity index (χ0v) is 22.9. The van der Waals surface area contributed by atoms with E-state index in [2.05, 4.69) is 14.7 Å². The SMILES string of the molecule is COc1ncc(-c2ccc3nc(N)c(-c4ccccc4)c(C=O)c3c2)cc1S(=O)(=O)Nc1cccc(OCCN)c1. The molecule has 0 unspecified atom stereocenters. The number of methoxy groups -OCH3 is 1. The van der Waals surface area contributed by atoms with Crippen LogP contribution in [0.4, 0.5) is 11.5 Å². The molecule has 0 atom stereocenters. The second kappa shape index (κ2) is 11.6. The first kappa shape index (κ1) is 27.6. The van der Waals surface area contributed by atoms with Gasteiger partial charge in [-0.1, -0.05) is 42.5 Å². The van der Waals surface area contributed by atoms with Crippen LogP contribution in [0.25, 0.3) is 33.2 Å². The molecule has 0 aliphatic rings. The van der Waals surface area contributed by atoms with Gasteiger partial charge in [-0.15, -0.1) is 0 Å². The van der Waals surface area contributed by atoms with Crippen molar-refractivity contribution in [2.75, 3.05) is 30.7 Å². The number of carbonyl (C=O) groups excluding carboxylic acids is 1. The summed E-state index contributed by atoms with van der Waals surface area (Å²) in [6.07, 6.45) is 2.26. The molecule has 10 nitrogen and oxygen atoms in total. The second-order valence-electron chi connectivity index (χ2n) is 9.00. The van der Waals surface area contributed by atoms with Crippen molar-refractivity contribution >= 4 is 38.7 Å². The molecule has 0 aliphatic carbocycles. The third-order valence-electron chi connectivity index (χ3n) is 6.34. The largest absolute Gasteiger partial charge is 0.492 e. The van der Waals surface area contributed by atoms with E-state index in [1.54, 1.807) is 42.5 Å². The Morgan fingerprint density at radius 2 is 1.76 bits per heavy atom. The van der Waals surface area contributed by atoms with Crippen LogP contribution in [0.3, 0.4) is 0 Å². The molecule has 5 N–H and O–H groups in total. The number of anilines is 2. The molecule has 0 spiro atoms. The van der Waals surface area contributed by atoms with Gasteiger partial charge in [0.05, 0.1) is 18.3 Å². The number of nitrogens with zero attached hydrogens (tertiary/aromatic N) is 2. The lowest BCUT2D eigenvalue weighted by Crippen LogP contribution is -2.15. The number of pyridine rings is 2. The summed E-state index contributed by atoms with van der Waals surface area (Å²) in [5.74, 6) is 0.634. The van der Waals surface area contributed by atoms with Crippen molar-refractivity contribution in [3.05, 3.63) is 90.6 Å². The fourth-order valence-electron chi connectivity index (χ4n) is 4.49. The summed E-state index contributed by atoms with van der Waals surface area (Å²) in [5.41, 5.74) is 15.4. The fraction of sp³-hybridized carbons (Fsp3) is 0.100. The van der Waals surface area contributed by atoms with Gasteiger partial charge >= 0.3 is 0 Å². The standard InChI is InChI=1S/C30H27N5O5S/c1-39-30-27(41(37,38)35-22-8-5-9-23(16-22)40-13-12-31)15-21(17-33-30)20-10-11-26-24(14-20)25(18-36)28(29(32)34-26)19-6-3-2-4-7-19/h2-11,14-18,35H,12-13,31H2,1H3,(H2,32,34). The number of ether oxygens (including phenoxy) is 2. The summed E-state index contributed by atoms with van der Waals surface area (Å²) < 4.78 is 40.3. The summed E-state index contributed by atoms with van der Waals surface area (Å²) in [7, 11) is -2.79. The predicted molar refractivity (Wildman–Crippen MR) is 159 cm³/mol. The lowest BCUT2D eigenvalue weighted by molar-refractivity contribution is 0.112. The Kier molecular flexibility index (Phi) is 7.81. The van der Waals surface area contributed by atoms with Gasteiger partial charge in [0.25, 0.3) is 10.0 Å². The topological polar surface area (TPSA) is 160 Å². The number of nitrogens with one attached hydrogen (secondary N) is 1. The molecule has 0 fully saturated rings. The number of aldehydes is 1. The highest BCUT2D eigenvalue weighted by atomic mass is 32.2. The molecule has 0 saturated carbocycles. The maximum Gasteiger partial charge on any atom is 0.267 e.